The van der Waals surface area contributed by atoms with E-state index in [2.05, 4.69) is 34.2 Å². The van der Waals surface area contributed by atoms with Gasteiger partial charge in [0.1, 0.15) is 0 Å². The number of hydrogen-bond acceptors (Lipinski definition) is 2. The number of nitrogens with one attached hydrogen (secondary N) is 2. The molecule has 0 bridgehead atoms. The summed E-state index contributed by atoms with van der Waals surface area (Å²) in [5.41, 5.74) is 2.66. The van der Waals surface area contributed by atoms with Crippen molar-refractivity contribution in [1.82, 2.24) is 10.2 Å². The largest absolute Gasteiger partial charge is 0.305 e. The zero-order chi connectivity index (χ0) is 15.7. The number of hydrogen-bond donors (Lipinski definition) is 2. The molecule has 0 spiro atoms. The van der Waals surface area contributed by atoms with E-state index in [1.165, 1.54) is 12.0 Å². The zero-order valence-electron chi connectivity index (χ0n) is 12.4. The number of carbonyl (C=O) groups is 1. The van der Waals surface area contributed by atoms with Crippen LogP contribution in [-0.4, -0.2) is 16.1 Å². The molecule has 1 aromatic heterocycles. The van der Waals surface area contributed by atoms with Gasteiger partial charge >= 0.3 is 0 Å². The molecular weight excluding hydrogens is 298 g/mol. The first-order chi connectivity index (χ1) is 10.5. The van der Waals surface area contributed by atoms with Gasteiger partial charge in [0.2, 0.25) is 0 Å². The number of nitrogens with zero attached hydrogens (tertiary/aromatic N) is 1. The number of amides is 1. The summed E-state index contributed by atoms with van der Waals surface area (Å²) in [5.74, 6) is 0.315. The van der Waals surface area contributed by atoms with Crippen LogP contribution >= 0.6 is 11.6 Å². The van der Waals surface area contributed by atoms with Crippen molar-refractivity contribution >= 4 is 23.3 Å². The Kier molecular flexibility index (Phi) is 3.79. The molecule has 1 heterocycles. The van der Waals surface area contributed by atoms with Crippen molar-refractivity contribution in [3.8, 4) is 0 Å². The van der Waals surface area contributed by atoms with Gasteiger partial charge in [0.05, 0.1) is 0 Å². The third-order valence-corrected chi connectivity index (χ3v) is 4.58. The van der Waals surface area contributed by atoms with Crippen molar-refractivity contribution in [1.29, 1.82) is 0 Å². The number of halogens is 1. The smallest absolute Gasteiger partial charge is 0.251 e. The maximum atomic E-state index is 11.7. The summed E-state index contributed by atoms with van der Waals surface area (Å²) in [6, 6.07) is 9.87. The van der Waals surface area contributed by atoms with Gasteiger partial charge in [-0.3, -0.25) is 9.89 Å². The fourth-order valence-corrected chi connectivity index (χ4v) is 2.99. The lowest BCUT2D eigenvalue weighted by Crippen LogP contribution is -2.35. The Hall–Kier alpha value is -2.07. The molecule has 3 rings (SSSR count). The molecule has 2 N–H and O–H groups in total. The molecule has 1 saturated carbocycles. The summed E-state index contributed by atoms with van der Waals surface area (Å²) in [7, 11) is 0. The second-order valence-corrected chi connectivity index (χ2v) is 6.28. The molecule has 2 aromatic rings. The molecular formula is C17H18ClN3O. The van der Waals surface area contributed by atoms with Gasteiger partial charge in [0, 0.05) is 27.8 Å². The molecule has 4 nitrogen and oxygen atoms in total. The number of aromatic nitrogens is 2. The van der Waals surface area contributed by atoms with Crippen LogP contribution < -0.4 is 5.32 Å². The average molecular weight is 316 g/mol. The van der Waals surface area contributed by atoms with Crippen LogP contribution in [0.1, 0.15) is 37.4 Å². The minimum absolute atomic E-state index is 0.0518. The third-order valence-electron chi connectivity index (χ3n) is 4.33. The summed E-state index contributed by atoms with van der Waals surface area (Å²) in [6.07, 6.45) is 3.30. The summed E-state index contributed by atoms with van der Waals surface area (Å²) in [4.78, 5) is 11.7. The van der Waals surface area contributed by atoms with Crippen LogP contribution in [0.15, 0.2) is 42.5 Å². The van der Waals surface area contributed by atoms with E-state index in [4.69, 9.17) is 11.6 Å². The Balaban J connectivity index is 1.88. The standard InChI is InChI=1S/C17H18ClN3O/c1-11(2)16(22)19-15-10-14(20-21-15)17(8-3-9-17)12-4-6-13(18)7-5-12/h4-7,10H,1,3,8-9H2,2H3,(H2,19,20,21,22). The van der Waals surface area contributed by atoms with E-state index in [-0.39, 0.29) is 11.3 Å². The molecule has 1 aliphatic carbocycles. The highest BCUT2D eigenvalue weighted by atomic mass is 35.5. The van der Waals surface area contributed by atoms with Crippen LogP contribution in [0.5, 0.6) is 0 Å². The maximum absolute atomic E-state index is 11.7. The fourth-order valence-electron chi connectivity index (χ4n) is 2.87. The first-order valence-electron chi connectivity index (χ1n) is 7.30. The molecule has 0 atom stereocenters. The molecule has 0 radical (unpaired) electrons. The monoisotopic (exact) mass is 315 g/mol. The highest BCUT2D eigenvalue weighted by Gasteiger charge is 2.41. The summed E-state index contributed by atoms with van der Waals surface area (Å²) in [6.45, 7) is 5.30. The van der Waals surface area contributed by atoms with Gasteiger partial charge in [0.15, 0.2) is 5.82 Å². The third kappa shape index (κ3) is 2.55. The van der Waals surface area contributed by atoms with Gasteiger partial charge < -0.3 is 5.32 Å². The second kappa shape index (κ2) is 5.61. The Morgan fingerprint density at radius 3 is 2.59 bits per heavy atom. The van der Waals surface area contributed by atoms with Crippen molar-refractivity contribution < 1.29 is 4.79 Å². The van der Waals surface area contributed by atoms with Crippen LogP contribution in [0, 0.1) is 0 Å². The molecule has 5 heteroatoms. The first kappa shape index (κ1) is 14.9. The van der Waals surface area contributed by atoms with Crippen LogP contribution in [0.4, 0.5) is 5.82 Å². The molecule has 1 aliphatic rings. The van der Waals surface area contributed by atoms with Gasteiger partial charge in [-0.1, -0.05) is 36.7 Å². The Labute approximate surface area is 134 Å². The number of rotatable bonds is 4. The van der Waals surface area contributed by atoms with Crippen LogP contribution in [0.2, 0.25) is 5.02 Å². The lowest BCUT2D eigenvalue weighted by atomic mass is 9.62. The Bertz CT molecular complexity index is 714. The number of carbonyl (C=O) groups excluding carboxylic acids is 1. The molecule has 114 valence electrons. The van der Waals surface area contributed by atoms with Crippen molar-refractivity contribution in [3.05, 3.63) is 58.8 Å². The topological polar surface area (TPSA) is 57.8 Å². The van der Waals surface area contributed by atoms with Gasteiger partial charge in [-0.25, -0.2) is 0 Å². The van der Waals surface area contributed by atoms with Crippen molar-refractivity contribution in [3.63, 3.8) is 0 Å². The van der Waals surface area contributed by atoms with Crippen molar-refractivity contribution in [2.24, 2.45) is 0 Å². The van der Waals surface area contributed by atoms with E-state index in [1.807, 2.05) is 18.2 Å². The maximum Gasteiger partial charge on any atom is 0.251 e. The number of anilines is 1. The lowest BCUT2D eigenvalue weighted by molar-refractivity contribution is -0.112. The molecule has 0 unspecified atom stereocenters. The van der Waals surface area contributed by atoms with E-state index in [1.54, 1.807) is 6.92 Å². The predicted octanol–water partition coefficient (Wildman–Crippen LogP) is 4.05. The van der Waals surface area contributed by atoms with Gasteiger partial charge in [-0.2, -0.15) is 5.10 Å². The molecule has 1 fully saturated rings. The van der Waals surface area contributed by atoms with Crippen molar-refractivity contribution in [2.75, 3.05) is 5.32 Å². The number of H-pyrrole nitrogens is 1. The van der Waals surface area contributed by atoms with Crippen molar-refractivity contribution in [2.45, 2.75) is 31.6 Å². The molecule has 22 heavy (non-hydrogen) atoms. The van der Waals surface area contributed by atoms with E-state index < -0.39 is 0 Å². The van der Waals surface area contributed by atoms with E-state index in [0.29, 0.717) is 11.4 Å². The Morgan fingerprint density at radius 2 is 2.05 bits per heavy atom. The second-order valence-electron chi connectivity index (χ2n) is 5.84. The molecule has 0 aliphatic heterocycles. The van der Waals surface area contributed by atoms with E-state index in [0.717, 1.165) is 23.6 Å². The number of aromatic amines is 1. The van der Waals surface area contributed by atoms with E-state index >= 15 is 0 Å². The summed E-state index contributed by atoms with van der Waals surface area (Å²) >= 11 is 5.98. The quantitative estimate of drug-likeness (QED) is 0.836. The SMILES string of the molecule is C=C(C)C(=O)Nc1cc(C2(c3ccc(Cl)cc3)CCC2)[nH]n1. The fraction of sp³-hybridized carbons (Fsp3) is 0.294. The normalized spacial score (nSPS) is 15.9. The highest BCUT2D eigenvalue weighted by molar-refractivity contribution is 6.30. The highest BCUT2D eigenvalue weighted by Crippen LogP contribution is 2.48. The molecule has 0 saturated heterocycles. The minimum Gasteiger partial charge on any atom is -0.305 e. The predicted molar refractivity (Wildman–Crippen MR) is 88.1 cm³/mol. The van der Waals surface area contributed by atoms with Crippen LogP contribution in [0.3, 0.4) is 0 Å². The van der Waals surface area contributed by atoms with Gasteiger partial charge in [0.25, 0.3) is 5.91 Å². The lowest BCUT2D eigenvalue weighted by Gasteiger charge is -2.41. The summed E-state index contributed by atoms with van der Waals surface area (Å²) < 4.78 is 0. The van der Waals surface area contributed by atoms with Crippen LogP contribution in [0.25, 0.3) is 0 Å². The summed E-state index contributed by atoms with van der Waals surface area (Å²) in [5, 5.41) is 10.8. The zero-order valence-corrected chi connectivity index (χ0v) is 13.2. The molecule has 1 aromatic carbocycles. The molecule has 1 amide bonds. The van der Waals surface area contributed by atoms with Gasteiger partial charge in [-0.15, -0.1) is 0 Å². The Morgan fingerprint density at radius 1 is 1.36 bits per heavy atom. The first-order valence-corrected chi connectivity index (χ1v) is 7.68. The minimum atomic E-state index is -0.216. The number of benzene rings is 1. The van der Waals surface area contributed by atoms with E-state index in [9.17, 15) is 4.79 Å². The average Bonchev–Trinajstić information content (AvgIpc) is 2.88. The van der Waals surface area contributed by atoms with Crippen LogP contribution in [-0.2, 0) is 10.2 Å². The van der Waals surface area contributed by atoms with Gasteiger partial charge in [-0.05, 0) is 37.5 Å².